The number of nitrogens with zero attached hydrogens (tertiary/aromatic N) is 3. The van der Waals surface area contributed by atoms with Crippen LogP contribution in [-0.2, 0) is 0 Å². The summed E-state index contributed by atoms with van der Waals surface area (Å²) in [5, 5.41) is 11.2. The fraction of sp³-hybridized carbons (Fsp3) is 0.0625. The summed E-state index contributed by atoms with van der Waals surface area (Å²) in [7, 11) is 0. The second kappa shape index (κ2) is 6.51. The minimum atomic E-state index is -0.482. The van der Waals surface area contributed by atoms with Gasteiger partial charge in [-0.15, -0.1) is 5.10 Å². The quantitative estimate of drug-likeness (QED) is 0.744. The molecule has 122 valence electrons. The van der Waals surface area contributed by atoms with Gasteiger partial charge in [-0.3, -0.25) is 4.79 Å². The summed E-state index contributed by atoms with van der Waals surface area (Å²) in [6.07, 6.45) is 0. The lowest BCUT2D eigenvalue weighted by Crippen LogP contribution is -2.15. The minimum absolute atomic E-state index is 0.0302. The maximum absolute atomic E-state index is 12.4. The Balaban J connectivity index is 1.87. The van der Waals surface area contributed by atoms with Crippen molar-refractivity contribution in [3.63, 3.8) is 0 Å². The molecule has 3 rings (SSSR count). The molecule has 24 heavy (non-hydrogen) atoms. The lowest BCUT2D eigenvalue weighted by molar-refractivity contribution is 0.102. The number of nitrogen functional groups attached to an aromatic ring is 1. The molecule has 0 radical (unpaired) electrons. The zero-order chi connectivity index (χ0) is 17.3. The predicted octanol–water partition coefficient (Wildman–Crippen LogP) is 3.72. The van der Waals surface area contributed by atoms with Gasteiger partial charge in [0.1, 0.15) is 0 Å². The molecule has 8 heteroatoms. The maximum Gasteiger partial charge on any atom is 0.280 e. The van der Waals surface area contributed by atoms with Gasteiger partial charge in [0.15, 0.2) is 11.5 Å². The van der Waals surface area contributed by atoms with Crippen molar-refractivity contribution in [2.45, 2.75) is 6.92 Å². The molecular weight excluding hydrogens is 349 g/mol. The molecule has 0 saturated heterocycles. The van der Waals surface area contributed by atoms with Crippen molar-refractivity contribution in [2.24, 2.45) is 0 Å². The second-order valence-corrected chi connectivity index (χ2v) is 5.97. The van der Waals surface area contributed by atoms with E-state index in [1.165, 1.54) is 4.68 Å². The topological polar surface area (TPSA) is 85.8 Å². The van der Waals surface area contributed by atoms with E-state index in [2.05, 4.69) is 15.6 Å². The highest BCUT2D eigenvalue weighted by atomic mass is 35.5. The van der Waals surface area contributed by atoms with E-state index in [0.717, 1.165) is 11.3 Å². The predicted molar refractivity (Wildman–Crippen MR) is 94.9 cm³/mol. The molecule has 0 aliphatic carbocycles. The lowest BCUT2D eigenvalue weighted by Gasteiger charge is -2.06. The largest absolute Gasteiger partial charge is 0.382 e. The molecule has 0 atom stereocenters. The van der Waals surface area contributed by atoms with Crippen LogP contribution in [0.3, 0.4) is 0 Å². The third-order valence-electron chi connectivity index (χ3n) is 3.34. The first-order valence-corrected chi connectivity index (χ1v) is 7.76. The Hall–Kier alpha value is -2.57. The van der Waals surface area contributed by atoms with Crippen LogP contribution in [0.2, 0.25) is 10.0 Å². The maximum atomic E-state index is 12.4. The lowest BCUT2D eigenvalue weighted by atomic mass is 10.2. The third-order valence-corrected chi connectivity index (χ3v) is 4.08. The number of carbonyl (C=O) groups is 1. The molecule has 6 nitrogen and oxygen atoms in total. The van der Waals surface area contributed by atoms with Crippen LogP contribution >= 0.6 is 23.2 Å². The van der Waals surface area contributed by atoms with Crippen molar-refractivity contribution in [1.82, 2.24) is 15.0 Å². The minimum Gasteiger partial charge on any atom is -0.382 e. The van der Waals surface area contributed by atoms with E-state index < -0.39 is 5.91 Å². The first-order chi connectivity index (χ1) is 11.5. The van der Waals surface area contributed by atoms with E-state index in [4.69, 9.17) is 28.9 Å². The molecule has 0 saturated carbocycles. The highest BCUT2D eigenvalue weighted by Gasteiger charge is 2.18. The van der Waals surface area contributed by atoms with Gasteiger partial charge in [0.2, 0.25) is 0 Å². The Labute approximate surface area is 148 Å². The van der Waals surface area contributed by atoms with Gasteiger partial charge in [0, 0.05) is 5.69 Å². The Kier molecular flexibility index (Phi) is 4.42. The smallest absolute Gasteiger partial charge is 0.280 e. The number of benzene rings is 2. The Bertz CT molecular complexity index is 923. The van der Waals surface area contributed by atoms with E-state index in [0.29, 0.717) is 15.7 Å². The summed E-state index contributed by atoms with van der Waals surface area (Å²) in [5.41, 5.74) is 8.31. The number of anilines is 2. The summed E-state index contributed by atoms with van der Waals surface area (Å²) in [5.74, 6) is -0.331. The van der Waals surface area contributed by atoms with Gasteiger partial charge in [-0.25, -0.2) is 0 Å². The normalized spacial score (nSPS) is 10.6. The molecule has 1 aromatic heterocycles. The number of aromatic nitrogens is 3. The van der Waals surface area contributed by atoms with Gasteiger partial charge in [-0.05, 0) is 42.8 Å². The zero-order valence-corrected chi connectivity index (χ0v) is 14.1. The SMILES string of the molecule is Cc1cccc(-n2nnc(C(=O)Nc3ccc(Cl)c(Cl)c3)c2N)c1. The van der Waals surface area contributed by atoms with Crippen LogP contribution in [0.5, 0.6) is 0 Å². The molecule has 0 unspecified atom stereocenters. The van der Waals surface area contributed by atoms with E-state index in [-0.39, 0.29) is 11.5 Å². The van der Waals surface area contributed by atoms with E-state index >= 15 is 0 Å². The number of halogens is 2. The first-order valence-electron chi connectivity index (χ1n) is 7.00. The molecule has 0 aliphatic rings. The van der Waals surface area contributed by atoms with Crippen molar-refractivity contribution in [3.8, 4) is 5.69 Å². The standard InChI is InChI=1S/C16H13Cl2N5O/c1-9-3-2-4-11(7-9)23-15(19)14(21-22-23)16(24)20-10-5-6-12(17)13(18)8-10/h2-8H,19H2,1H3,(H,20,24). The number of amides is 1. The molecule has 0 fully saturated rings. The molecule has 1 amide bonds. The third kappa shape index (κ3) is 3.20. The van der Waals surface area contributed by atoms with Crippen LogP contribution in [0.1, 0.15) is 16.1 Å². The number of hydrogen-bond acceptors (Lipinski definition) is 4. The highest BCUT2D eigenvalue weighted by Crippen LogP contribution is 2.25. The van der Waals surface area contributed by atoms with Gasteiger partial charge in [0.25, 0.3) is 5.91 Å². The van der Waals surface area contributed by atoms with Gasteiger partial charge in [0.05, 0.1) is 15.7 Å². The van der Waals surface area contributed by atoms with Crippen molar-refractivity contribution in [2.75, 3.05) is 11.1 Å². The van der Waals surface area contributed by atoms with Gasteiger partial charge in [-0.2, -0.15) is 4.68 Å². The van der Waals surface area contributed by atoms with E-state index in [1.807, 2.05) is 31.2 Å². The molecule has 1 heterocycles. The van der Waals surface area contributed by atoms with Crippen LogP contribution < -0.4 is 11.1 Å². The average molecular weight is 362 g/mol. The zero-order valence-electron chi connectivity index (χ0n) is 12.6. The van der Waals surface area contributed by atoms with E-state index in [1.54, 1.807) is 18.2 Å². The highest BCUT2D eigenvalue weighted by molar-refractivity contribution is 6.42. The summed E-state index contributed by atoms with van der Waals surface area (Å²) in [6.45, 7) is 1.95. The Morgan fingerprint density at radius 2 is 1.96 bits per heavy atom. The van der Waals surface area contributed by atoms with Crippen LogP contribution in [0.25, 0.3) is 5.69 Å². The summed E-state index contributed by atoms with van der Waals surface area (Å²) in [6, 6.07) is 12.3. The van der Waals surface area contributed by atoms with Crippen molar-refractivity contribution >= 4 is 40.6 Å². The molecule has 0 spiro atoms. The van der Waals surface area contributed by atoms with Crippen LogP contribution in [0, 0.1) is 6.92 Å². The van der Waals surface area contributed by atoms with Crippen LogP contribution in [-0.4, -0.2) is 20.9 Å². The number of aryl methyl sites for hydroxylation is 1. The van der Waals surface area contributed by atoms with E-state index in [9.17, 15) is 4.79 Å². The van der Waals surface area contributed by atoms with Crippen LogP contribution in [0.4, 0.5) is 11.5 Å². The summed E-state index contributed by atoms with van der Waals surface area (Å²) >= 11 is 11.8. The van der Waals surface area contributed by atoms with Gasteiger partial charge >= 0.3 is 0 Å². The number of hydrogen-bond donors (Lipinski definition) is 2. The molecule has 3 N–H and O–H groups in total. The number of nitrogens with one attached hydrogen (secondary N) is 1. The van der Waals surface area contributed by atoms with Crippen molar-refractivity contribution in [3.05, 3.63) is 63.8 Å². The van der Waals surface area contributed by atoms with Crippen molar-refractivity contribution in [1.29, 1.82) is 0 Å². The molecule has 3 aromatic rings. The second-order valence-electron chi connectivity index (χ2n) is 5.16. The fourth-order valence-electron chi connectivity index (χ4n) is 2.17. The Morgan fingerprint density at radius 1 is 1.17 bits per heavy atom. The number of nitrogens with two attached hydrogens (primary N) is 1. The summed E-state index contributed by atoms with van der Waals surface area (Å²) < 4.78 is 1.41. The van der Waals surface area contributed by atoms with Crippen LogP contribution in [0.15, 0.2) is 42.5 Å². The van der Waals surface area contributed by atoms with Crippen molar-refractivity contribution < 1.29 is 4.79 Å². The monoisotopic (exact) mass is 361 g/mol. The Morgan fingerprint density at radius 3 is 2.67 bits per heavy atom. The summed E-state index contributed by atoms with van der Waals surface area (Å²) in [4.78, 5) is 12.4. The molecule has 2 aromatic carbocycles. The average Bonchev–Trinajstić information content (AvgIpc) is 2.93. The first kappa shape index (κ1) is 16.3. The number of carbonyl (C=O) groups excluding carboxylic acids is 1. The molecule has 0 aliphatic heterocycles. The number of rotatable bonds is 3. The fourth-order valence-corrected chi connectivity index (χ4v) is 2.46. The molecule has 0 bridgehead atoms. The molecular formula is C16H13Cl2N5O. The van der Waals surface area contributed by atoms with Gasteiger partial charge in [-0.1, -0.05) is 40.5 Å². The van der Waals surface area contributed by atoms with Gasteiger partial charge < -0.3 is 11.1 Å².